The van der Waals surface area contributed by atoms with Gasteiger partial charge in [0.25, 0.3) is 0 Å². The van der Waals surface area contributed by atoms with Gasteiger partial charge in [-0.15, -0.1) is 11.8 Å². The van der Waals surface area contributed by atoms with Crippen molar-refractivity contribution < 1.29 is 0 Å². The number of hydrogen-bond acceptors (Lipinski definition) is 2. The molecule has 0 aliphatic rings. The SMILES string of the molecule is C=CSCCCCCCNC. The third-order valence-electron chi connectivity index (χ3n) is 1.56. The summed E-state index contributed by atoms with van der Waals surface area (Å²) in [5.41, 5.74) is 0. The molecule has 0 fully saturated rings. The van der Waals surface area contributed by atoms with Gasteiger partial charge >= 0.3 is 0 Å². The fourth-order valence-corrected chi connectivity index (χ4v) is 1.46. The Morgan fingerprint density at radius 1 is 1.27 bits per heavy atom. The second kappa shape index (κ2) is 10.0. The van der Waals surface area contributed by atoms with Gasteiger partial charge in [-0.05, 0) is 37.6 Å². The van der Waals surface area contributed by atoms with Gasteiger partial charge < -0.3 is 5.32 Å². The first kappa shape index (κ1) is 11.1. The molecule has 0 aromatic carbocycles. The maximum Gasteiger partial charge on any atom is -0.00262 e. The Kier molecular flexibility index (Phi) is 10.1. The Morgan fingerprint density at radius 2 is 2.00 bits per heavy atom. The summed E-state index contributed by atoms with van der Waals surface area (Å²) in [5, 5.41) is 5.07. The van der Waals surface area contributed by atoms with Crippen molar-refractivity contribution in [1.29, 1.82) is 0 Å². The average molecular weight is 173 g/mol. The van der Waals surface area contributed by atoms with Crippen molar-refractivity contribution in [3.63, 3.8) is 0 Å². The van der Waals surface area contributed by atoms with Gasteiger partial charge in [0.15, 0.2) is 0 Å². The fourth-order valence-electron chi connectivity index (χ4n) is 0.924. The first-order valence-corrected chi connectivity index (χ1v) is 5.33. The smallest absolute Gasteiger partial charge is 0.00262 e. The quantitative estimate of drug-likeness (QED) is 0.566. The summed E-state index contributed by atoms with van der Waals surface area (Å²) in [6.45, 7) is 4.82. The topological polar surface area (TPSA) is 12.0 Å². The van der Waals surface area contributed by atoms with Gasteiger partial charge in [-0.25, -0.2) is 0 Å². The molecule has 0 saturated heterocycles. The van der Waals surface area contributed by atoms with E-state index in [1.807, 2.05) is 24.2 Å². The molecule has 1 nitrogen and oxygen atoms in total. The molecule has 0 aliphatic heterocycles. The van der Waals surface area contributed by atoms with Crippen molar-refractivity contribution in [3.05, 3.63) is 12.0 Å². The molecule has 0 radical (unpaired) electrons. The van der Waals surface area contributed by atoms with Gasteiger partial charge in [-0.2, -0.15) is 0 Å². The van der Waals surface area contributed by atoms with Crippen LogP contribution in [0.2, 0.25) is 0 Å². The van der Waals surface area contributed by atoms with E-state index in [1.165, 1.54) is 31.4 Å². The number of rotatable bonds is 8. The van der Waals surface area contributed by atoms with E-state index < -0.39 is 0 Å². The summed E-state index contributed by atoms with van der Waals surface area (Å²) in [6.07, 6.45) is 5.37. The molecular weight excluding hydrogens is 154 g/mol. The molecule has 66 valence electrons. The molecule has 0 aliphatic carbocycles. The number of nitrogens with one attached hydrogen (secondary N) is 1. The second-order valence-electron chi connectivity index (χ2n) is 2.56. The summed E-state index contributed by atoms with van der Waals surface area (Å²) in [6, 6.07) is 0. The van der Waals surface area contributed by atoms with Crippen molar-refractivity contribution in [3.8, 4) is 0 Å². The standard InChI is InChI=1S/C9H19NS/c1-3-11-9-7-5-4-6-8-10-2/h3,10H,1,4-9H2,2H3. The minimum Gasteiger partial charge on any atom is -0.320 e. The molecule has 11 heavy (non-hydrogen) atoms. The molecule has 0 amide bonds. The maximum atomic E-state index is 3.66. The van der Waals surface area contributed by atoms with Crippen LogP contribution in [0.15, 0.2) is 12.0 Å². The van der Waals surface area contributed by atoms with Crippen molar-refractivity contribution in [2.45, 2.75) is 25.7 Å². The lowest BCUT2D eigenvalue weighted by atomic mass is 10.2. The van der Waals surface area contributed by atoms with Crippen LogP contribution in [0, 0.1) is 0 Å². The molecular formula is C9H19NS. The fraction of sp³-hybridized carbons (Fsp3) is 0.778. The predicted molar refractivity (Wildman–Crippen MR) is 55.0 cm³/mol. The van der Waals surface area contributed by atoms with Gasteiger partial charge in [0.05, 0.1) is 0 Å². The zero-order chi connectivity index (χ0) is 8.36. The summed E-state index contributed by atoms with van der Waals surface area (Å²) in [7, 11) is 2.01. The lowest BCUT2D eigenvalue weighted by Gasteiger charge is -1.98. The lowest BCUT2D eigenvalue weighted by Crippen LogP contribution is -2.06. The van der Waals surface area contributed by atoms with E-state index >= 15 is 0 Å². The van der Waals surface area contributed by atoms with E-state index in [-0.39, 0.29) is 0 Å². The highest BCUT2D eigenvalue weighted by Crippen LogP contribution is 2.07. The molecule has 0 rings (SSSR count). The molecule has 1 N–H and O–H groups in total. The molecule has 0 bridgehead atoms. The summed E-state index contributed by atoms with van der Waals surface area (Å²) in [4.78, 5) is 0. The van der Waals surface area contributed by atoms with Gasteiger partial charge in [-0.3, -0.25) is 0 Å². The molecule has 2 heteroatoms. The minimum absolute atomic E-state index is 1.16. The molecule has 0 aromatic rings. The van der Waals surface area contributed by atoms with Crippen molar-refractivity contribution in [2.24, 2.45) is 0 Å². The van der Waals surface area contributed by atoms with Crippen molar-refractivity contribution in [1.82, 2.24) is 5.32 Å². The molecule has 0 aromatic heterocycles. The Bertz CT molecular complexity index is 83.6. The van der Waals surface area contributed by atoms with Crippen LogP contribution in [-0.4, -0.2) is 19.3 Å². The average Bonchev–Trinajstić information content (AvgIpc) is 2.03. The second-order valence-corrected chi connectivity index (χ2v) is 3.63. The van der Waals surface area contributed by atoms with Crippen LogP contribution in [-0.2, 0) is 0 Å². The molecule has 0 saturated carbocycles. The van der Waals surface area contributed by atoms with Crippen LogP contribution >= 0.6 is 11.8 Å². The Hall–Kier alpha value is 0.0500. The van der Waals surface area contributed by atoms with E-state index in [0.717, 1.165) is 6.54 Å². The Balaban J connectivity index is 2.74. The summed E-state index contributed by atoms with van der Waals surface area (Å²) in [5.74, 6) is 1.24. The first-order chi connectivity index (χ1) is 5.41. The third-order valence-corrected chi connectivity index (χ3v) is 2.32. The molecule has 0 heterocycles. The highest BCUT2D eigenvalue weighted by atomic mass is 32.2. The number of unbranched alkanes of at least 4 members (excludes halogenated alkanes) is 3. The van der Waals surface area contributed by atoms with Gasteiger partial charge in [0, 0.05) is 0 Å². The lowest BCUT2D eigenvalue weighted by molar-refractivity contribution is 0.637. The largest absolute Gasteiger partial charge is 0.320 e. The zero-order valence-corrected chi connectivity index (χ0v) is 8.25. The minimum atomic E-state index is 1.16. The zero-order valence-electron chi connectivity index (χ0n) is 7.44. The number of thioether (sulfide) groups is 1. The van der Waals surface area contributed by atoms with Gasteiger partial charge in [-0.1, -0.05) is 19.4 Å². The predicted octanol–water partition coefficient (Wildman–Crippen LogP) is 2.64. The van der Waals surface area contributed by atoms with Crippen LogP contribution < -0.4 is 5.32 Å². The summed E-state index contributed by atoms with van der Waals surface area (Å²) < 4.78 is 0. The van der Waals surface area contributed by atoms with Gasteiger partial charge in [0.1, 0.15) is 0 Å². The van der Waals surface area contributed by atoms with Crippen molar-refractivity contribution in [2.75, 3.05) is 19.3 Å². The number of hydrogen-bond donors (Lipinski definition) is 1. The van der Waals surface area contributed by atoms with Crippen LogP contribution in [0.25, 0.3) is 0 Å². The Labute approximate surface area is 74.6 Å². The highest BCUT2D eigenvalue weighted by Gasteiger charge is 1.88. The van der Waals surface area contributed by atoms with Crippen LogP contribution in [0.3, 0.4) is 0 Å². The Morgan fingerprint density at radius 3 is 2.64 bits per heavy atom. The maximum absolute atomic E-state index is 3.66. The normalized spacial score (nSPS) is 9.91. The van der Waals surface area contributed by atoms with E-state index in [2.05, 4.69) is 11.9 Å². The van der Waals surface area contributed by atoms with E-state index in [9.17, 15) is 0 Å². The monoisotopic (exact) mass is 173 g/mol. The third kappa shape index (κ3) is 10.1. The molecule has 0 atom stereocenters. The van der Waals surface area contributed by atoms with Crippen LogP contribution in [0.5, 0.6) is 0 Å². The van der Waals surface area contributed by atoms with Crippen LogP contribution in [0.1, 0.15) is 25.7 Å². The summed E-state index contributed by atoms with van der Waals surface area (Å²) >= 11 is 1.82. The first-order valence-electron chi connectivity index (χ1n) is 4.29. The van der Waals surface area contributed by atoms with E-state index in [4.69, 9.17) is 0 Å². The highest BCUT2D eigenvalue weighted by molar-refractivity contribution is 8.02. The van der Waals surface area contributed by atoms with E-state index in [0.29, 0.717) is 0 Å². The van der Waals surface area contributed by atoms with E-state index in [1.54, 1.807) is 0 Å². The van der Waals surface area contributed by atoms with Crippen LogP contribution in [0.4, 0.5) is 0 Å². The van der Waals surface area contributed by atoms with Crippen molar-refractivity contribution >= 4 is 11.8 Å². The molecule has 0 unspecified atom stereocenters. The molecule has 0 spiro atoms. The van der Waals surface area contributed by atoms with Gasteiger partial charge in [0.2, 0.25) is 0 Å².